The lowest BCUT2D eigenvalue weighted by molar-refractivity contribution is 0.603. The molecule has 0 N–H and O–H groups in total. The molecule has 0 bridgehead atoms. The number of nitriles is 1. The van der Waals surface area contributed by atoms with E-state index in [-0.39, 0.29) is 9.80 Å². The number of hydrogen-bond donors (Lipinski definition) is 0. The van der Waals surface area contributed by atoms with Crippen LogP contribution in [-0.4, -0.2) is 18.2 Å². The molecular weight excluding hydrogens is 406 g/mol. The van der Waals surface area contributed by atoms with Crippen molar-refractivity contribution < 1.29 is 8.42 Å². The third-order valence-electron chi connectivity index (χ3n) is 4.83. The first-order chi connectivity index (χ1) is 15.0. The molecule has 0 aliphatic rings. The van der Waals surface area contributed by atoms with Crippen LogP contribution in [0.4, 0.5) is 0 Å². The van der Waals surface area contributed by atoms with Crippen molar-refractivity contribution in [3.63, 3.8) is 0 Å². The number of para-hydroxylation sites is 1. The van der Waals surface area contributed by atoms with Crippen molar-refractivity contribution in [2.24, 2.45) is 0 Å². The Morgan fingerprint density at radius 3 is 2.16 bits per heavy atom. The van der Waals surface area contributed by atoms with E-state index in [0.29, 0.717) is 11.3 Å². The fraction of sp³-hybridized carbons (Fsp3) is 0.0400. The van der Waals surface area contributed by atoms with Crippen LogP contribution < -0.4 is 0 Å². The molecule has 0 aliphatic carbocycles. The zero-order valence-corrected chi connectivity index (χ0v) is 17.6. The summed E-state index contributed by atoms with van der Waals surface area (Å²) < 4.78 is 27.7. The standard InChI is InChI=1S/C25H19N3O2S/c1-19-12-14-20(15-13-19)25-21(18-28(27-25)22-8-4-2-5-9-22)16-24(17-26)31(29,30)23-10-6-3-7-11-23/h2-16,18H,1H3/b24-16-. The molecule has 5 nitrogen and oxygen atoms in total. The van der Waals surface area contributed by atoms with E-state index >= 15 is 0 Å². The maximum atomic E-state index is 13.0. The van der Waals surface area contributed by atoms with Gasteiger partial charge in [0, 0.05) is 17.3 Å². The number of nitrogens with zero attached hydrogens (tertiary/aromatic N) is 3. The summed E-state index contributed by atoms with van der Waals surface area (Å²) in [6.45, 7) is 1.99. The quantitative estimate of drug-likeness (QED) is 0.413. The average Bonchev–Trinajstić information content (AvgIpc) is 3.23. The van der Waals surface area contributed by atoms with Crippen LogP contribution >= 0.6 is 0 Å². The minimum Gasteiger partial charge on any atom is -0.240 e. The molecule has 0 fully saturated rings. The van der Waals surface area contributed by atoms with Gasteiger partial charge in [-0.3, -0.25) is 0 Å². The summed E-state index contributed by atoms with van der Waals surface area (Å²) in [5, 5.41) is 14.4. The molecule has 0 saturated carbocycles. The summed E-state index contributed by atoms with van der Waals surface area (Å²) in [6, 6.07) is 27.2. The molecule has 0 aliphatic heterocycles. The highest BCUT2D eigenvalue weighted by molar-refractivity contribution is 7.95. The van der Waals surface area contributed by atoms with Crippen LogP contribution in [0.2, 0.25) is 0 Å². The predicted octanol–water partition coefficient (Wildman–Crippen LogP) is 5.19. The van der Waals surface area contributed by atoms with Crippen LogP contribution in [0.25, 0.3) is 23.0 Å². The molecular formula is C25H19N3O2S. The molecule has 4 aromatic rings. The Morgan fingerprint density at radius 1 is 0.935 bits per heavy atom. The van der Waals surface area contributed by atoms with E-state index in [2.05, 4.69) is 0 Å². The van der Waals surface area contributed by atoms with Crippen molar-refractivity contribution >= 4 is 15.9 Å². The third-order valence-corrected chi connectivity index (χ3v) is 6.51. The number of sulfone groups is 1. The number of aromatic nitrogens is 2. The van der Waals surface area contributed by atoms with Gasteiger partial charge in [-0.1, -0.05) is 66.2 Å². The number of hydrogen-bond acceptors (Lipinski definition) is 4. The third kappa shape index (κ3) is 4.18. The number of benzene rings is 3. The molecule has 0 spiro atoms. The molecule has 6 heteroatoms. The maximum Gasteiger partial charge on any atom is 0.216 e. The van der Waals surface area contributed by atoms with Crippen molar-refractivity contribution in [1.29, 1.82) is 5.26 Å². The molecule has 1 heterocycles. The lowest BCUT2D eigenvalue weighted by atomic mass is 10.1. The van der Waals surface area contributed by atoms with E-state index in [1.165, 1.54) is 18.2 Å². The summed E-state index contributed by atoms with van der Waals surface area (Å²) in [4.78, 5) is -0.255. The van der Waals surface area contributed by atoms with Crippen molar-refractivity contribution in [3.8, 4) is 23.0 Å². The number of aryl methyl sites for hydroxylation is 1. The average molecular weight is 426 g/mol. The fourth-order valence-electron chi connectivity index (χ4n) is 3.18. The van der Waals surface area contributed by atoms with Gasteiger partial charge in [-0.05, 0) is 37.3 Å². The van der Waals surface area contributed by atoms with E-state index in [1.807, 2.05) is 67.6 Å². The normalized spacial score (nSPS) is 11.8. The molecule has 0 unspecified atom stereocenters. The lowest BCUT2D eigenvalue weighted by Crippen LogP contribution is -2.03. The first-order valence-corrected chi connectivity index (χ1v) is 11.1. The number of allylic oxidation sites excluding steroid dienone is 1. The SMILES string of the molecule is Cc1ccc(-c2nn(-c3ccccc3)cc2/C=C(/C#N)S(=O)(=O)c2ccccc2)cc1. The van der Waals surface area contributed by atoms with Crippen LogP contribution in [0, 0.1) is 18.3 Å². The summed E-state index contributed by atoms with van der Waals surface area (Å²) in [6.07, 6.45) is 3.13. The van der Waals surface area contributed by atoms with E-state index in [4.69, 9.17) is 5.10 Å². The minimum absolute atomic E-state index is 0.0788. The predicted molar refractivity (Wildman–Crippen MR) is 121 cm³/mol. The second-order valence-corrected chi connectivity index (χ2v) is 8.93. The molecule has 152 valence electrons. The Labute approximate surface area is 181 Å². The van der Waals surface area contributed by atoms with Crippen LogP contribution in [0.1, 0.15) is 11.1 Å². The van der Waals surface area contributed by atoms with Gasteiger partial charge in [-0.25, -0.2) is 13.1 Å². The van der Waals surface area contributed by atoms with Crippen LogP contribution in [-0.2, 0) is 9.84 Å². The van der Waals surface area contributed by atoms with Gasteiger partial charge in [0.1, 0.15) is 16.7 Å². The zero-order chi connectivity index (χ0) is 21.8. The monoisotopic (exact) mass is 425 g/mol. The van der Waals surface area contributed by atoms with Gasteiger partial charge in [0.05, 0.1) is 10.6 Å². The van der Waals surface area contributed by atoms with Crippen LogP contribution in [0.5, 0.6) is 0 Å². The molecule has 0 saturated heterocycles. The molecule has 0 atom stereocenters. The fourth-order valence-corrected chi connectivity index (χ4v) is 4.35. The zero-order valence-electron chi connectivity index (χ0n) is 16.8. The van der Waals surface area contributed by atoms with Gasteiger partial charge in [0.2, 0.25) is 9.84 Å². The van der Waals surface area contributed by atoms with Crippen LogP contribution in [0.3, 0.4) is 0 Å². The minimum atomic E-state index is -3.95. The molecule has 31 heavy (non-hydrogen) atoms. The van der Waals surface area contributed by atoms with E-state index in [0.717, 1.165) is 16.8 Å². The summed E-state index contributed by atoms with van der Waals surface area (Å²) in [7, 11) is -3.95. The van der Waals surface area contributed by atoms with E-state index in [1.54, 1.807) is 29.1 Å². The Bertz CT molecular complexity index is 1380. The van der Waals surface area contributed by atoms with E-state index < -0.39 is 9.84 Å². The van der Waals surface area contributed by atoms with Crippen molar-refractivity contribution in [1.82, 2.24) is 9.78 Å². The first-order valence-electron chi connectivity index (χ1n) is 9.63. The van der Waals surface area contributed by atoms with Gasteiger partial charge in [-0.2, -0.15) is 10.4 Å². The smallest absolute Gasteiger partial charge is 0.216 e. The Kier molecular flexibility index (Phi) is 5.52. The highest BCUT2D eigenvalue weighted by atomic mass is 32.2. The van der Waals surface area contributed by atoms with Crippen molar-refractivity contribution in [2.75, 3.05) is 0 Å². The summed E-state index contributed by atoms with van der Waals surface area (Å²) in [5.74, 6) is 0. The second kappa shape index (κ2) is 8.42. The van der Waals surface area contributed by atoms with Gasteiger partial charge in [-0.15, -0.1) is 0 Å². The number of rotatable bonds is 5. The Hall–Kier alpha value is -3.95. The van der Waals surface area contributed by atoms with E-state index in [9.17, 15) is 13.7 Å². The Balaban J connectivity index is 1.89. The largest absolute Gasteiger partial charge is 0.240 e. The highest BCUT2D eigenvalue weighted by Crippen LogP contribution is 2.28. The van der Waals surface area contributed by atoms with Crippen molar-refractivity contribution in [3.05, 3.63) is 107 Å². The molecule has 3 aromatic carbocycles. The molecule has 0 amide bonds. The van der Waals surface area contributed by atoms with Crippen LogP contribution in [0.15, 0.2) is 101 Å². The molecule has 0 radical (unpaired) electrons. The van der Waals surface area contributed by atoms with Gasteiger partial charge >= 0.3 is 0 Å². The summed E-state index contributed by atoms with van der Waals surface area (Å²) >= 11 is 0. The molecule has 4 rings (SSSR count). The van der Waals surface area contributed by atoms with Gasteiger partial charge in [0.25, 0.3) is 0 Å². The highest BCUT2D eigenvalue weighted by Gasteiger charge is 2.22. The van der Waals surface area contributed by atoms with Gasteiger partial charge < -0.3 is 0 Å². The summed E-state index contributed by atoms with van der Waals surface area (Å²) in [5.41, 5.74) is 3.91. The molecule has 1 aromatic heterocycles. The van der Waals surface area contributed by atoms with Crippen molar-refractivity contribution in [2.45, 2.75) is 11.8 Å². The maximum absolute atomic E-state index is 13.0. The lowest BCUT2D eigenvalue weighted by Gasteiger charge is -2.03. The first kappa shape index (κ1) is 20.3. The van der Waals surface area contributed by atoms with Gasteiger partial charge in [0.15, 0.2) is 0 Å². The topological polar surface area (TPSA) is 75.8 Å². The Morgan fingerprint density at radius 2 is 1.55 bits per heavy atom. The second-order valence-electron chi connectivity index (χ2n) is 7.02.